The van der Waals surface area contributed by atoms with Crippen molar-refractivity contribution in [2.24, 2.45) is 11.7 Å². The lowest BCUT2D eigenvalue weighted by molar-refractivity contribution is -0.119. The Labute approximate surface area is 106 Å². The molecule has 0 aliphatic carbocycles. The number of rotatable bonds is 6. The fourth-order valence-corrected chi connectivity index (χ4v) is 1.50. The summed E-state index contributed by atoms with van der Waals surface area (Å²) < 4.78 is 18.6. The number of carbonyl (C=O) groups is 1. The normalized spacial score (nSPS) is 12.0. The quantitative estimate of drug-likeness (QED) is 0.817. The summed E-state index contributed by atoms with van der Waals surface area (Å²) in [5.41, 5.74) is 5.80. The molecule has 0 fully saturated rings. The lowest BCUT2D eigenvalue weighted by atomic mass is 10.1. The molecular weight excluding hydrogens is 235 g/mol. The molecular formula is C13H19FN2O2. The number of nitrogens with two attached hydrogens (primary N) is 1. The Morgan fingerprint density at radius 3 is 2.83 bits per heavy atom. The molecule has 0 aliphatic rings. The van der Waals surface area contributed by atoms with E-state index in [-0.39, 0.29) is 17.6 Å². The Kier molecular flexibility index (Phi) is 5.58. The van der Waals surface area contributed by atoms with E-state index in [1.165, 1.54) is 12.1 Å². The summed E-state index contributed by atoms with van der Waals surface area (Å²) in [5, 5.41) is 2.65. The Morgan fingerprint density at radius 2 is 2.28 bits per heavy atom. The molecule has 4 nitrogen and oxygen atoms in total. The molecule has 5 heteroatoms. The smallest absolute Gasteiger partial charge is 0.227 e. The number of hydrogen-bond acceptors (Lipinski definition) is 3. The van der Waals surface area contributed by atoms with Gasteiger partial charge in [0.15, 0.2) is 11.6 Å². The Bertz CT molecular complexity index is 410. The van der Waals surface area contributed by atoms with Gasteiger partial charge in [-0.1, -0.05) is 6.92 Å². The second kappa shape index (κ2) is 6.96. The minimum absolute atomic E-state index is 0.163. The molecule has 0 saturated heterocycles. The summed E-state index contributed by atoms with van der Waals surface area (Å²) in [4.78, 5) is 11.7. The van der Waals surface area contributed by atoms with Crippen LogP contribution in [0, 0.1) is 11.7 Å². The van der Waals surface area contributed by atoms with Crippen LogP contribution in [0.1, 0.15) is 20.3 Å². The van der Waals surface area contributed by atoms with Crippen molar-refractivity contribution in [3.8, 4) is 5.75 Å². The number of hydrogen-bond donors (Lipinski definition) is 2. The van der Waals surface area contributed by atoms with Gasteiger partial charge in [0, 0.05) is 17.7 Å². The van der Waals surface area contributed by atoms with Gasteiger partial charge in [0.25, 0.3) is 0 Å². The van der Waals surface area contributed by atoms with Gasteiger partial charge in [0.1, 0.15) is 0 Å². The molecule has 1 unspecified atom stereocenters. The fourth-order valence-electron chi connectivity index (χ4n) is 1.50. The third kappa shape index (κ3) is 4.00. The highest BCUT2D eigenvalue weighted by Crippen LogP contribution is 2.21. The Hall–Kier alpha value is -1.62. The van der Waals surface area contributed by atoms with Crippen LogP contribution in [0.15, 0.2) is 18.2 Å². The maximum Gasteiger partial charge on any atom is 0.227 e. The van der Waals surface area contributed by atoms with E-state index in [1.807, 2.05) is 0 Å². The van der Waals surface area contributed by atoms with Crippen LogP contribution in [-0.2, 0) is 4.79 Å². The topological polar surface area (TPSA) is 64.3 Å². The first-order valence-corrected chi connectivity index (χ1v) is 6.01. The molecule has 0 saturated carbocycles. The predicted octanol–water partition coefficient (Wildman–Crippen LogP) is 2.15. The summed E-state index contributed by atoms with van der Waals surface area (Å²) in [7, 11) is 0. The van der Waals surface area contributed by atoms with E-state index in [4.69, 9.17) is 10.5 Å². The van der Waals surface area contributed by atoms with Crippen molar-refractivity contribution in [2.45, 2.75) is 20.3 Å². The monoisotopic (exact) mass is 254 g/mol. The van der Waals surface area contributed by atoms with Gasteiger partial charge in [0.2, 0.25) is 5.91 Å². The molecule has 100 valence electrons. The Balaban J connectivity index is 2.68. The molecule has 0 aliphatic heterocycles. The zero-order valence-corrected chi connectivity index (χ0v) is 10.7. The second-order valence-corrected chi connectivity index (χ2v) is 4.05. The van der Waals surface area contributed by atoms with Crippen molar-refractivity contribution in [2.75, 3.05) is 18.5 Å². The van der Waals surface area contributed by atoms with Gasteiger partial charge < -0.3 is 15.8 Å². The van der Waals surface area contributed by atoms with Crippen molar-refractivity contribution < 1.29 is 13.9 Å². The average Bonchev–Trinajstić information content (AvgIpc) is 2.33. The van der Waals surface area contributed by atoms with Gasteiger partial charge in [-0.25, -0.2) is 4.39 Å². The van der Waals surface area contributed by atoms with Crippen molar-refractivity contribution in [3.63, 3.8) is 0 Å². The van der Waals surface area contributed by atoms with Crippen molar-refractivity contribution in [1.29, 1.82) is 0 Å². The van der Waals surface area contributed by atoms with Crippen LogP contribution < -0.4 is 15.8 Å². The number of benzene rings is 1. The fraction of sp³-hybridized carbons (Fsp3) is 0.462. The minimum Gasteiger partial charge on any atom is -0.491 e. The second-order valence-electron chi connectivity index (χ2n) is 4.05. The van der Waals surface area contributed by atoms with Crippen LogP contribution in [0.5, 0.6) is 5.75 Å². The number of nitrogens with one attached hydrogen (secondary N) is 1. The molecule has 18 heavy (non-hydrogen) atoms. The third-order valence-corrected chi connectivity index (χ3v) is 2.55. The summed E-state index contributed by atoms with van der Waals surface area (Å²) in [6, 6.07) is 4.36. The first-order chi connectivity index (χ1) is 8.58. The minimum atomic E-state index is -0.485. The van der Waals surface area contributed by atoms with Crippen LogP contribution in [0.4, 0.5) is 10.1 Å². The molecule has 1 aromatic rings. The standard InChI is InChI=1S/C13H19FN2O2/c1-3-18-12-5-4-10(8-11(12)14)16-13(17)9(2)6-7-15/h4-5,8-9H,3,6-7,15H2,1-2H3,(H,16,17). The van der Waals surface area contributed by atoms with Gasteiger partial charge in [-0.05, 0) is 32.0 Å². The van der Waals surface area contributed by atoms with E-state index in [0.29, 0.717) is 25.3 Å². The molecule has 1 aromatic carbocycles. The molecule has 0 aromatic heterocycles. The molecule has 1 amide bonds. The van der Waals surface area contributed by atoms with Gasteiger partial charge in [-0.3, -0.25) is 4.79 Å². The van der Waals surface area contributed by atoms with Gasteiger partial charge >= 0.3 is 0 Å². The van der Waals surface area contributed by atoms with Gasteiger partial charge in [0.05, 0.1) is 6.61 Å². The average molecular weight is 254 g/mol. The molecule has 0 spiro atoms. The van der Waals surface area contributed by atoms with E-state index >= 15 is 0 Å². The number of amides is 1. The largest absolute Gasteiger partial charge is 0.491 e. The van der Waals surface area contributed by atoms with Crippen molar-refractivity contribution >= 4 is 11.6 Å². The number of ether oxygens (including phenoxy) is 1. The third-order valence-electron chi connectivity index (χ3n) is 2.55. The number of carbonyl (C=O) groups excluding carboxylic acids is 1. The van der Waals surface area contributed by atoms with Crippen LogP contribution in [0.2, 0.25) is 0 Å². The zero-order chi connectivity index (χ0) is 13.5. The van der Waals surface area contributed by atoms with Gasteiger partial charge in [-0.2, -0.15) is 0 Å². The van der Waals surface area contributed by atoms with E-state index in [0.717, 1.165) is 0 Å². The number of halogens is 1. The van der Waals surface area contributed by atoms with Crippen molar-refractivity contribution in [1.82, 2.24) is 0 Å². The molecule has 1 atom stereocenters. The Morgan fingerprint density at radius 1 is 1.56 bits per heavy atom. The highest BCUT2D eigenvalue weighted by atomic mass is 19.1. The first kappa shape index (κ1) is 14.4. The summed E-state index contributed by atoms with van der Waals surface area (Å²) in [6.45, 7) is 4.42. The van der Waals surface area contributed by atoms with E-state index in [9.17, 15) is 9.18 Å². The summed E-state index contributed by atoms with van der Waals surface area (Å²) >= 11 is 0. The van der Waals surface area contributed by atoms with Crippen molar-refractivity contribution in [3.05, 3.63) is 24.0 Å². The highest BCUT2D eigenvalue weighted by Gasteiger charge is 2.13. The van der Waals surface area contributed by atoms with Crippen LogP contribution >= 0.6 is 0 Å². The summed E-state index contributed by atoms with van der Waals surface area (Å²) in [6.07, 6.45) is 0.603. The molecule has 0 bridgehead atoms. The SMILES string of the molecule is CCOc1ccc(NC(=O)C(C)CCN)cc1F. The van der Waals surface area contributed by atoms with Crippen LogP contribution in [0.3, 0.4) is 0 Å². The lowest BCUT2D eigenvalue weighted by Crippen LogP contribution is -2.22. The van der Waals surface area contributed by atoms with E-state index in [1.54, 1.807) is 19.9 Å². The molecule has 3 N–H and O–H groups in total. The van der Waals surface area contributed by atoms with Gasteiger partial charge in [-0.15, -0.1) is 0 Å². The maximum atomic E-state index is 13.5. The zero-order valence-electron chi connectivity index (χ0n) is 10.7. The lowest BCUT2D eigenvalue weighted by Gasteiger charge is -2.12. The van der Waals surface area contributed by atoms with Crippen LogP contribution in [0.25, 0.3) is 0 Å². The van der Waals surface area contributed by atoms with E-state index in [2.05, 4.69) is 5.32 Å². The predicted molar refractivity (Wildman–Crippen MR) is 69.0 cm³/mol. The first-order valence-electron chi connectivity index (χ1n) is 6.01. The maximum absolute atomic E-state index is 13.5. The summed E-state index contributed by atoms with van der Waals surface area (Å²) in [5.74, 6) is -0.653. The van der Waals surface area contributed by atoms with Crippen LogP contribution in [-0.4, -0.2) is 19.1 Å². The molecule has 1 rings (SSSR count). The molecule has 0 heterocycles. The number of anilines is 1. The molecule has 0 radical (unpaired) electrons. The van der Waals surface area contributed by atoms with E-state index < -0.39 is 5.82 Å². The highest BCUT2D eigenvalue weighted by molar-refractivity contribution is 5.92.